The van der Waals surface area contributed by atoms with Crippen molar-refractivity contribution in [2.75, 3.05) is 0 Å². The molecule has 0 fully saturated rings. The second-order valence-corrected chi connectivity index (χ2v) is 0. The predicted molar refractivity (Wildman–Crippen MR) is 56.3 cm³/mol. The first-order chi connectivity index (χ1) is 12.2. The van der Waals surface area contributed by atoms with Crippen molar-refractivity contribution in [1.82, 2.24) is 36.9 Å². The van der Waals surface area contributed by atoms with E-state index in [-0.39, 0.29) is 19.0 Å². The van der Waals surface area contributed by atoms with Crippen LogP contribution in [0, 0.1) is 0 Å². The molecule has 0 aromatic heterocycles. The van der Waals surface area contributed by atoms with E-state index < -0.39 is 0 Å². The van der Waals surface area contributed by atoms with Gasteiger partial charge in [-0.25, -0.2) is 0 Å². The van der Waals surface area contributed by atoms with E-state index in [1.54, 1.807) is 0 Å². The van der Waals surface area contributed by atoms with Gasteiger partial charge in [0, 0.05) is 18.7 Å². The van der Waals surface area contributed by atoms with Crippen molar-refractivity contribution < 1.29 is 28.6 Å². The summed E-state index contributed by atoms with van der Waals surface area (Å²) in [5.74, 6) is 0. The summed E-state index contributed by atoms with van der Waals surface area (Å²) in [6.07, 6.45) is 20.0. The van der Waals surface area contributed by atoms with Gasteiger partial charge in [0.15, 0.2) is 0 Å². The van der Waals surface area contributed by atoms with Crippen LogP contribution in [-0.4, -0.2) is 0 Å². The van der Waals surface area contributed by atoms with Crippen LogP contribution in [0.1, 0.15) is 33.4 Å². The van der Waals surface area contributed by atoms with Gasteiger partial charge in [0.1, 0.15) is 9.88 Å². The molecule has 0 heterocycles. The molecule has 76 valence electrons. The lowest BCUT2D eigenvalue weighted by Gasteiger charge is -0.345. The van der Waals surface area contributed by atoms with Gasteiger partial charge in [-0.3, -0.25) is 0 Å². The van der Waals surface area contributed by atoms with Gasteiger partial charge >= 0.3 is 0 Å². The summed E-state index contributed by atoms with van der Waals surface area (Å²) in [7, 11) is -0.500. The third-order valence-electron chi connectivity index (χ3n) is 0. The molecule has 0 aromatic carbocycles. The Morgan fingerprint density at radius 3 is 1.25 bits per heavy atom. The number of hydrogen-bond acceptors (Lipinski definition) is 6. The zero-order valence-electron chi connectivity index (χ0n) is 21.8. The van der Waals surface area contributed by atoms with Crippen molar-refractivity contribution in [3.05, 3.63) is 0 Å². The van der Waals surface area contributed by atoms with Gasteiger partial charge in [-0.05, 0) is 0 Å². The highest BCUT2D eigenvalue weighted by Gasteiger charge is -0.0765. The zero-order chi connectivity index (χ0) is 24.1. The largest absolute Gasteiger partial charge is 0.344 e. The molecule has 0 bridgehead atoms. The molecule has 0 amide bonds. The van der Waals surface area contributed by atoms with E-state index in [2.05, 4.69) is 30.7 Å². The van der Waals surface area contributed by atoms with Crippen LogP contribution in [0.5, 0.6) is 0 Å². The molecule has 0 radical (unpaired) electrons. The SMILES string of the molecule is [2HH].[2HH].[2HH].[2H]C[2H].[2H]C[2H].[2H]N.[2H]N.[2H]N.[2H]N.[2H]N.[2H]N[2H].[2H][2H].[2H][2H].[2H][2H]. The van der Waals surface area contributed by atoms with E-state index in [9.17, 15) is 0 Å². The second-order valence-electron chi connectivity index (χ2n) is 0. The summed E-state index contributed by atoms with van der Waals surface area (Å²) < 4.78 is 91.0. The topological polar surface area (TPSA) is 210 Å². The van der Waals surface area contributed by atoms with E-state index in [0.29, 0.717) is 0 Å². The van der Waals surface area contributed by atoms with Crippen molar-refractivity contribution in [2.24, 2.45) is 0 Å². The van der Waals surface area contributed by atoms with Crippen LogP contribution in [0.25, 0.3) is 0 Å². The minimum Gasteiger partial charge on any atom is -0.344 e. The van der Waals surface area contributed by atoms with Gasteiger partial charge in [0.25, 0.3) is 0 Å². The lowest BCUT2D eigenvalue weighted by molar-refractivity contribution is 2.13. The molecule has 6 heteroatoms. The minimum absolute atomic E-state index is 0. The molecule has 0 saturated heterocycles. The van der Waals surface area contributed by atoms with Crippen LogP contribution in [-0.2, 0) is 0 Å². The maximum Gasteiger partial charge on any atom is 0.115 e. The summed E-state index contributed by atoms with van der Waals surface area (Å²) in [6, 6.07) is 0. The highest BCUT2D eigenvalue weighted by Crippen LogP contribution is 0.145. The predicted octanol–water partition coefficient (Wildman–Crippen LogP) is 3.72. The van der Waals surface area contributed by atoms with E-state index in [0.717, 1.165) is 0 Å². The van der Waals surface area contributed by atoms with Crippen LogP contribution in [0.3, 0.4) is 0 Å². The fraction of sp³-hybridized carbons (Fsp3) is 1.00. The molecule has 0 rings (SSSR count). The summed E-state index contributed by atoms with van der Waals surface area (Å²) in [5, 5.41) is 0. The van der Waals surface area contributed by atoms with Gasteiger partial charge in [-0.15, -0.1) is 0 Å². The van der Waals surface area contributed by atoms with E-state index in [1.807, 2.05) is 0 Å². The number of rotatable bonds is 0. The average molecular weight is 166 g/mol. The lowest BCUT2D eigenvalue weighted by atomic mass is 12.0. The molecule has 0 unspecified atom stereocenters. The molecule has 18 N–H and O–H groups in total. The van der Waals surface area contributed by atoms with Gasteiger partial charge < -0.3 is 36.9 Å². The molecule has 0 aliphatic carbocycles. The highest BCUT2D eigenvalue weighted by atomic mass is 14.0. The Hall–Kier alpha value is -0.240. The monoisotopic (exact) mass is 166 g/mol. The van der Waals surface area contributed by atoms with Crippen LogP contribution in [0.2, 0.25) is 9.88 Å². The molecule has 0 spiro atoms. The second kappa shape index (κ2) is 3890. The van der Waals surface area contributed by atoms with Crippen LogP contribution < -0.4 is 36.9 Å². The van der Waals surface area contributed by atoms with Crippen molar-refractivity contribution >= 4 is 0 Å². The molecule has 0 aliphatic rings. The maximum absolute atomic E-state index is 5.88. The average Bonchev–Trinajstić information content (AvgIpc) is 2.75. The van der Waals surface area contributed by atoms with Gasteiger partial charge in [-0.2, -0.15) is 0 Å². The van der Waals surface area contributed by atoms with Crippen molar-refractivity contribution in [3.8, 4) is 0 Å². The van der Waals surface area contributed by atoms with Gasteiger partial charge in [0.2, 0.25) is 0 Å². The van der Waals surface area contributed by atoms with Gasteiger partial charge in [-0.1, -0.05) is 14.8 Å². The first kappa shape index (κ1) is 1.87. The molecule has 0 saturated carbocycles. The van der Waals surface area contributed by atoms with Crippen LogP contribution in [0.4, 0.5) is 0 Å². The van der Waals surface area contributed by atoms with Crippen molar-refractivity contribution in [1.29, 1.82) is 0 Å². The fourth-order valence-electron chi connectivity index (χ4n) is 0. The Morgan fingerprint density at radius 2 is 1.25 bits per heavy atom. The Kier molecular flexibility index (Phi) is 912. The van der Waals surface area contributed by atoms with E-state index >= 15 is 0 Å². The smallest absolute Gasteiger partial charge is 0.115 e. The Bertz CT molecular complexity index is 35.4. The quantitative estimate of drug-likeness (QED) is 0.315. The third-order valence-corrected chi connectivity index (χ3v) is 0. The Morgan fingerprint density at radius 1 is 1.25 bits per heavy atom. The maximum atomic E-state index is 5.88. The zero-order valence-corrected chi connectivity index (χ0v) is 4.80. The highest BCUT2D eigenvalue weighted by molar-refractivity contribution is 2.50. The van der Waals surface area contributed by atoms with Crippen molar-refractivity contribution in [3.63, 3.8) is 0 Å². The molecule has 0 atom stereocenters. The standard InChI is InChI=1S/2CH4.6H3N.6H2/h2*1H4;6*1H3;6*1H/i2*1D2;;;;;;;3*1+1D;3*1+1/hD7. The van der Waals surface area contributed by atoms with Crippen molar-refractivity contribution in [2.45, 2.75) is 14.8 Å². The summed E-state index contributed by atoms with van der Waals surface area (Å²) in [4.78, 5) is 0. The van der Waals surface area contributed by atoms with Crippen LogP contribution >= 0.6 is 0 Å². The molecular formula is C2H38N6. The molecule has 0 aliphatic heterocycles. The Labute approximate surface area is 82.5 Å². The molecular weight excluding hydrogens is 108 g/mol. The molecule has 0 aromatic rings. The molecule has 6 nitrogen and oxygen atoms in total. The lowest BCUT2D eigenvalue weighted by Crippen LogP contribution is -0.482. The fourth-order valence-corrected chi connectivity index (χ4v) is 0. The Balaban J connectivity index is -0.00000000639. The number of hydrogen-bond donors (Lipinski definition) is 6. The van der Waals surface area contributed by atoms with Gasteiger partial charge in [0.05, 0.1) is 0 Å². The first-order valence-electron chi connectivity index (χ1n) is 9.72. The summed E-state index contributed by atoms with van der Waals surface area (Å²) in [6.45, 7) is 0. The first-order valence-corrected chi connectivity index (χ1v) is 0. The van der Waals surface area contributed by atoms with E-state index in [1.165, 1.54) is 6.14 Å². The van der Waals surface area contributed by atoms with E-state index in [4.69, 9.17) is 24.3 Å². The van der Waals surface area contributed by atoms with Crippen LogP contribution in [0.15, 0.2) is 0 Å². The normalized spacial score (nSPS) is 14.9. The molecule has 8 heavy (non-hydrogen) atoms. The third kappa shape index (κ3) is 2270. The summed E-state index contributed by atoms with van der Waals surface area (Å²) in [5.41, 5.74) is 0. The minimum atomic E-state index is -0.250. The summed E-state index contributed by atoms with van der Waals surface area (Å²) >= 11 is 0.